The van der Waals surface area contributed by atoms with E-state index >= 15 is 0 Å². The van der Waals surface area contributed by atoms with Crippen molar-refractivity contribution in [3.63, 3.8) is 0 Å². The topological polar surface area (TPSA) is 317 Å². The second kappa shape index (κ2) is 16.3. The van der Waals surface area contributed by atoms with Gasteiger partial charge in [0.15, 0.2) is 25.2 Å². The standard InChI is InChI=1S/C26H46O20/c1-7-8(3-27)40-24(16(35)12(7)31)44-21-10(5-29)42-26(18(37)14(21)33)46-22-11(6-30)43-25(19(38)15(22)34)45-20-9(4-28)41-23(39-2)17(36)13(20)32/h7-38H,3-6H2,1-2H3/t7-,8?,9?,10?,11?,12?,13?,14?,15?,16+,17+,18+,19+,20-,21-,22-,23-,24+,25+,26+/m1/s1. The van der Waals surface area contributed by atoms with E-state index in [1.165, 1.54) is 14.0 Å². The van der Waals surface area contributed by atoms with E-state index in [1.807, 2.05) is 0 Å². The summed E-state index contributed by atoms with van der Waals surface area (Å²) in [6.07, 6.45) is -30.5. The maximum atomic E-state index is 10.9. The number of aliphatic hydroxyl groups is 12. The minimum Gasteiger partial charge on any atom is -0.394 e. The molecule has 4 rings (SSSR count). The summed E-state index contributed by atoms with van der Waals surface area (Å²) >= 11 is 0. The molecule has 4 saturated heterocycles. The molecular formula is C26H46O20. The van der Waals surface area contributed by atoms with Crippen LogP contribution >= 0.6 is 0 Å². The predicted molar refractivity (Wildman–Crippen MR) is 142 cm³/mol. The van der Waals surface area contributed by atoms with Gasteiger partial charge in [-0.25, -0.2) is 0 Å². The second-order valence-corrected chi connectivity index (χ2v) is 11.7. The number of ether oxygens (including phenoxy) is 8. The summed E-state index contributed by atoms with van der Waals surface area (Å²) in [6, 6.07) is 0. The largest absolute Gasteiger partial charge is 0.394 e. The van der Waals surface area contributed by atoms with Gasteiger partial charge >= 0.3 is 0 Å². The Labute approximate surface area is 262 Å². The van der Waals surface area contributed by atoms with Crippen molar-refractivity contribution >= 4 is 0 Å². The van der Waals surface area contributed by atoms with Crippen LogP contribution in [0.25, 0.3) is 0 Å². The van der Waals surface area contributed by atoms with Gasteiger partial charge in [-0.1, -0.05) is 6.92 Å². The Balaban J connectivity index is 1.43. The highest BCUT2D eigenvalue weighted by Gasteiger charge is 2.55. The highest BCUT2D eigenvalue weighted by molar-refractivity contribution is 4.97. The van der Waals surface area contributed by atoms with E-state index in [0.717, 1.165) is 0 Å². The summed E-state index contributed by atoms with van der Waals surface area (Å²) in [7, 11) is 1.20. The maximum Gasteiger partial charge on any atom is 0.187 e. The molecule has 0 spiro atoms. The predicted octanol–water partition coefficient (Wildman–Crippen LogP) is -7.82. The SMILES string of the molecule is CO[C@@H]1OC(CO)[C@@H](O[C@@H]2OC(CO)[C@@H](O[C@@H]3OC(CO)[C@@H](O[C@@H]4OC(CO)[C@@H](C)C(O)[C@@H]4O)C(O)[C@@H]3O)C(O)[C@@H]2O)C(O)[C@@H]1O. The number of aliphatic hydroxyl groups excluding tert-OH is 12. The Morgan fingerprint density at radius 1 is 0.413 bits per heavy atom. The molecule has 12 N–H and O–H groups in total. The summed E-state index contributed by atoms with van der Waals surface area (Å²) in [5.74, 6) is -0.680. The fraction of sp³-hybridized carbons (Fsp3) is 1.00. The van der Waals surface area contributed by atoms with Crippen LogP contribution in [0, 0.1) is 5.92 Å². The van der Waals surface area contributed by atoms with Crippen molar-refractivity contribution in [2.45, 2.75) is 124 Å². The summed E-state index contributed by atoms with van der Waals surface area (Å²) in [5.41, 5.74) is 0. The molecule has 46 heavy (non-hydrogen) atoms. The van der Waals surface area contributed by atoms with Gasteiger partial charge in [0.05, 0.1) is 38.6 Å². The van der Waals surface area contributed by atoms with E-state index in [0.29, 0.717) is 0 Å². The summed E-state index contributed by atoms with van der Waals surface area (Å²) in [6.45, 7) is -1.41. The number of methoxy groups -OCH3 is 1. The molecule has 20 heteroatoms. The summed E-state index contributed by atoms with van der Waals surface area (Å²) in [4.78, 5) is 0. The zero-order valence-electron chi connectivity index (χ0n) is 25.0. The van der Waals surface area contributed by atoms with Gasteiger partial charge in [-0.15, -0.1) is 0 Å². The van der Waals surface area contributed by atoms with E-state index in [9.17, 15) is 61.3 Å². The first-order valence-corrected chi connectivity index (χ1v) is 14.8. The monoisotopic (exact) mass is 678 g/mol. The fourth-order valence-corrected chi connectivity index (χ4v) is 5.94. The van der Waals surface area contributed by atoms with Crippen LogP contribution in [-0.2, 0) is 37.9 Å². The Morgan fingerprint density at radius 3 is 1.02 bits per heavy atom. The second-order valence-electron chi connectivity index (χ2n) is 11.7. The normalized spacial score (nSPS) is 52.0. The Bertz CT molecular complexity index is 926. The van der Waals surface area contributed by atoms with Gasteiger partial charge in [0.1, 0.15) is 79.4 Å². The van der Waals surface area contributed by atoms with Gasteiger partial charge in [-0.05, 0) is 0 Å². The minimum absolute atomic E-state index is 0.528. The molecule has 0 amide bonds. The minimum atomic E-state index is -1.96. The zero-order chi connectivity index (χ0) is 34.0. The van der Waals surface area contributed by atoms with Crippen LogP contribution in [0.1, 0.15) is 6.92 Å². The molecule has 0 radical (unpaired) electrons. The molecule has 0 aromatic carbocycles. The molecule has 0 bridgehead atoms. The van der Waals surface area contributed by atoms with Crippen molar-refractivity contribution in [1.29, 1.82) is 0 Å². The fourth-order valence-electron chi connectivity index (χ4n) is 5.94. The first-order chi connectivity index (χ1) is 21.8. The van der Waals surface area contributed by atoms with E-state index in [1.54, 1.807) is 0 Å². The molecule has 20 nitrogen and oxygen atoms in total. The van der Waals surface area contributed by atoms with Crippen molar-refractivity contribution in [2.75, 3.05) is 33.5 Å². The van der Waals surface area contributed by atoms with Crippen LogP contribution < -0.4 is 0 Å². The smallest absolute Gasteiger partial charge is 0.187 e. The van der Waals surface area contributed by atoms with Crippen LogP contribution in [-0.4, -0.2) is 212 Å². The van der Waals surface area contributed by atoms with E-state index < -0.39 is 149 Å². The molecule has 0 aliphatic carbocycles. The Kier molecular flexibility index (Phi) is 13.4. The maximum absolute atomic E-state index is 10.9. The average Bonchev–Trinajstić information content (AvgIpc) is 3.05. The molecule has 4 aliphatic rings. The molecule has 0 aromatic rings. The lowest BCUT2D eigenvalue weighted by atomic mass is 9.91. The van der Waals surface area contributed by atoms with Crippen molar-refractivity contribution in [2.24, 2.45) is 5.92 Å². The van der Waals surface area contributed by atoms with Crippen LogP contribution in [0.2, 0.25) is 0 Å². The van der Waals surface area contributed by atoms with Gasteiger partial charge in [0.25, 0.3) is 0 Å². The van der Waals surface area contributed by atoms with Crippen LogP contribution in [0.5, 0.6) is 0 Å². The molecule has 4 fully saturated rings. The van der Waals surface area contributed by atoms with Crippen LogP contribution in [0.3, 0.4) is 0 Å². The Hall–Kier alpha value is -0.800. The van der Waals surface area contributed by atoms with Gasteiger partial charge < -0.3 is 99.2 Å². The highest BCUT2D eigenvalue weighted by Crippen LogP contribution is 2.34. The van der Waals surface area contributed by atoms with E-state index in [-0.39, 0.29) is 0 Å². The molecular weight excluding hydrogens is 632 g/mol. The molecule has 0 saturated carbocycles. The summed E-state index contributed by atoms with van der Waals surface area (Å²) < 4.78 is 43.7. The third kappa shape index (κ3) is 7.51. The molecule has 270 valence electrons. The van der Waals surface area contributed by atoms with Crippen molar-refractivity contribution in [3.8, 4) is 0 Å². The first-order valence-electron chi connectivity index (χ1n) is 14.8. The van der Waals surface area contributed by atoms with Gasteiger partial charge in [-0.3, -0.25) is 0 Å². The number of rotatable bonds is 11. The van der Waals surface area contributed by atoms with Crippen molar-refractivity contribution in [3.05, 3.63) is 0 Å². The quantitative estimate of drug-likeness (QED) is 0.0965. The molecule has 4 aliphatic heterocycles. The van der Waals surface area contributed by atoms with Crippen LogP contribution in [0.4, 0.5) is 0 Å². The molecule has 20 atom stereocenters. The average molecular weight is 679 g/mol. The van der Waals surface area contributed by atoms with Crippen molar-refractivity contribution in [1.82, 2.24) is 0 Å². The molecule has 0 aromatic heterocycles. The van der Waals surface area contributed by atoms with Gasteiger partial charge in [0.2, 0.25) is 0 Å². The summed E-state index contributed by atoms with van der Waals surface area (Å²) in [5, 5.41) is 124. The lowest BCUT2D eigenvalue weighted by Crippen LogP contribution is -2.67. The van der Waals surface area contributed by atoms with Crippen molar-refractivity contribution < 1.29 is 99.2 Å². The molecule has 8 unspecified atom stereocenters. The third-order valence-electron chi connectivity index (χ3n) is 8.81. The number of hydrogen-bond acceptors (Lipinski definition) is 20. The number of hydrogen-bond donors (Lipinski definition) is 12. The Morgan fingerprint density at radius 2 is 0.696 bits per heavy atom. The van der Waals surface area contributed by atoms with Gasteiger partial charge in [-0.2, -0.15) is 0 Å². The third-order valence-corrected chi connectivity index (χ3v) is 8.81. The highest BCUT2D eigenvalue weighted by atomic mass is 16.8. The molecule has 4 heterocycles. The van der Waals surface area contributed by atoms with E-state index in [2.05, 4.69) is 0 Å². The first kappa shape index (κ1) is 38.0. The lowest BCUT2D eigenvalue weighted by Gasteiger charge is -2.49. The lowest BCUT2D eigenvalue weighted by molar-refractivity contribution is -0.387. The van der Waals surface area contributed by atoms with Gasteiger partial charge in [0, 0.05) is 13.0 Å². The zero-order valence-corrected chi connectivity index (χ0v) is 25.0. The van der Waals surface area contributed by atoms with E-state index in [4.69, 9.17) is 37.9 Å². The van der Waals surface area contributed by atoms with Crippen LogP contribution in [0.15, 0.2) is 0 Å².